The third kappa shape index (κ3) is 6.27. The molecule has 0 spiro atoms. The van der Waals surface area contributed by atoms with Crippen molar-refractivity contribution in [3.05, 3.63) is 95.1 Å². The summed E-state index contributed by atoms with van der Waals surface area (Å²) in [6, 6.07) is 23.9. The topological polar surface area (TPSA) is 61.9 Å². The van der Waals surface area contributed by atoms with Crippen LogP contribution >= 0.6 is 0 Å². The number of aryl methyl sites for hydroxylation is 1. The van der Waals surface area contributed by atoms with Crippen molar-refractivity contribution >= 4 is 17.5 Å². The molecule has 41 heavy (non-hydrogen) atoms. The van der Waals surface area contributed by atoms with Crippen LogP contribution in [0.5, 0.6) is 5.75 Å². The summed E-state index contributed by atoms with van der Waals surface area (Å²) in [5.74, 6) is 0.285. The van der Waals surface area contributed by atoms with E-state index >= 15 is 0 Å². The summed E-state index contributed by atoms with van der Waals surface area (Å²) in [5.41, 5.74) is 4.89. The molecule has 0 saturated heterocycles. The van der Waals surface area contributed by atoms with Crippen LogP contribution in [-0.2, 0) is 4.79 Å². The van der Waals surface area contributed by atoms with Gasteiger partial charge in [-0.2, -0.15) is 0 Å². The average Bonchev–Trinajstić information content (AvgIpc) is 3.01. The number of hydrogen-bond donors (Lipinski definition) is 1. The summed E-state index contributed by atoms with van der Waals surface area (Å²) < 4.78 is 5.42. The quantitative estimate of drug-likeness (QED) is 0.286. The largest absolute Gasteiger partial charge is 0.497 e. The van der Waals surface area contributed by atoms with Gasteiger partial charge >= 0.3 is 0 Å². The van der Waals surface area contributed by atoms with E-state index in [1.165, 1.54) is 17.7 Å². The van der Waals surface area contributed by atoms with Gasteiger partial charge in [-0.1, -0.05) is 61.7 Å². The fourth-order valence-electron chi connectivity index (χ4n) is 6.64. The molecule has 1 heterocycles. The first kappa shape index (κ1) is 28.7. The number of carbonyl (C=O) groups is 2. The van der Waals surface area contributed by atoms with E-state index in [0.29, 0.717) is 12.1 Å². The highest BCUT2D eigenvalue weighted by molar-refractivity contribution is 6.01. The molecule has 1 aliphatic heterocycles. The van der Waals surface area contributed by atoms with E-state index in [1.807, 2.05) is 53.4 Å². The van der Waals surface area contributed by atoms with Crippen LogP contribution in [0.1, 0.15) is 84.5 Å². The summed E-state index contributed by atoms with van der Waals surface area (Å²) >= 11 is 0. The maximum Gasteiger partial charge on any atom is 0.254 e. The first-order valence-electron chi connectivity index (χ1n) is 15.2. The fourth-order valence-corrected chi connectivity index (χ4v) is 6.64. The van der Waals surface area contributed by atoms with Crippen LogP contribution in [0.4, 0.5) is 5.69 Å². The highest BCUT2D eigenvalue weighted by Gasteiger charge is 2.46. The number of nitrogens with one attached hydrogen (secondary N) is 1. The highest BCUT2D eigenvalue weighted by Crippen LogP contribution is 2.46. The second-order valence-corrected chi connectivity index (χ2v) is 11.4. The first-order chi connectivity index (χ1) is 20.0. The fraction of sp³-hybridized carbons (Fsp3) is 0.429. The van der Waals surface area contributed by atoms with Crippen molar-refractivity contribution < 1.29 is 14.3 Å². The predicted molar refractivity (Wildman–Crippen MR) is 165 cm³/mol. The number of methoxy groups -OCH3 is 1. The second kappa shape index (κ2) is 13.2. The maximum atomic E-state index is 14.1. The lowest BCUT2D eigenvalue weighted by Gasteiger charge is -2.46. The summed E-state index contributed by atoms with van der Waals surface area (Å²) in [4.78, 5) is 32.6. The maximum absolute atomic E-state index is 14.1. The molecule has 6 nitrogen and oxygen atoms in total. The Kier molecular flexibility index (Phi) is 9.28. The smallest absolute Gasteiger partial charge is 0.254 e. The Morgan fingerprint density at radius 3 is 2.46 bits per heavy atom. The van der Waals surface area contributed by atoms with Crippen molar-refractivity contribution in [2.75, 3.05) is 31.6 Å². The van der Waals surface area contributed by atoms with Crippen LogP contribution in [0.2, 0.25) is 0 Å². The summed E-state index contributed by atoms with van der Waals surface area (Å²) in [7, 11) is 1.65. The molecule has 0 aromatic heterocycles. The number of fused-ring (bicyclic) bond motifs is 1. The number of amides is 2. The van der Waals surface area contributed by atoms with Gasteiger partial charge < -0.3 is 19.9 Å². The van der Waals surface area contributed by atoms with E-state index in [0.717, 1.165) is 62.1 Å². The van der Waals surface area contributed by atoms with E-state index < -0.39 is 5.92 Å². The van der Waals surface area contributed by atoms with Crippen LogP contribution in [0.25, 0.3) is 0 Å². The number of benzene rings is 3. The Balaban J connectivity index is 1.41. The van der Waals surface area contributed by atoms with E-state index in [1.54, 1.807) is 7.11 Å². The number of anilines is 1. The Morgan fingerprint density at radius 1 is 1.00 bits per heavy atom. The molecule has 1 N–H and O–H groups in total. The summed E-state index contributed by atoms with van der Waals surface area (Å²) in [6.07, 6.45) is 6.19. The van der Waals surface area contributed by atoms with Gasteiger partial charge in [0.2, 0.25) is 5.91 Å². The van der Waals surface area contributed by atoms with Gasteiger partial charge in [0.05, 0.1) is 19.1 Å². The Bertz CT molecular complexity index is 1330. The van der Waals surface area contributed by atoms with Gasteiger partial charge in [-0.05, 0) is 80.1 Å². The number of hydrogen-bond acceptors (Lipinski definition) is 4. The molecule has 0 radical (unpaired) electrons. The van der Waals surface area contributed by atoms with Crippen LogP contribution in [0.15, 0.2) is 72.8 Å². The van der Waals surface area contributed by atoms with Crippen LogP contribution in [0.3, 0.4) is 0 Å². The van der Waals surface area contributed by atoms with Crippen LogP contribution in [-0.4, -0.2) is 49.5 Å². The molecule has 3 aromatic rings. The van der Waals surface area contributed by atoms with Crippen molar-refractivity contribution in [2.45, 2.75) is 70.4 Å². The van der Waals surface area contributed by atoms with Gasteiger partial charge in [0, 0.05) is 36.9 Å². The van der Waals surface area contributed by atoms with Crippen molar-refractivity contribution in [1.29, 1.82) is 0 Å². The molecule has 0 unspecified atom stereocenters. The molecule has 1 saturated carbocycles. The predicted octanol–water partition coefficient (Wildman–Crippen LogP) is 6.65. The lowest BCUT2D eigenvalue weighted by atomic mass is 9.77. The van der Waals surface area contributed by atoms with Crippen molar-refractivity contribution in [3.8, 4) is 5.75 Å². The molecule has 3 aromatic carbocycles. The normalized spacial score (nSPS) is 19.0. The highest BCUT2D eigenvalue weighted by atomic mass is 16.5. The zero-order valence-electron chi connectivity index (χ0n) is 24.6. The average molecular weight is 554 g/mol. The lowest BCUT2D eigenvalue weighted by molar-refractivity contribution is -0.124. The molecule has 6 heteroatoms. The molecular weight excluding hydrogens is 510 g/mol. The second-order valence-electron chi connectivity index (χ2n) is 11.4. The third-order valence-electron chi connectivity index (χ3n) is 8.74. The summed E-state index contributed by atoms with van der Waals surface area (Å²) in [6.45, 7) is 6.62. The van der Waals surface area contributed by atoms with Gasteiger partial charge in [-0.25, -0.2) is 0 Å². The monoisotopic (exact) mass is 553 g/mol. The Morgan fingerprint density at radius 2 is 1.76 bits per heavy atom. The van der Waals surface area contributed by atoms with E-state index in [2.05, 4.69) is 48.3 Å². The Labute approximate surface area is 244 Å². The van der Waals surface area contributed by atoms with Gasteiger partial charge in [0.25, 0.3) is 5.91 Å². The number of ether oxygens (including phenoxy) is 1. The van der Waals surface area contributed by atoms with Crippen LogP contribution in [0, 0.1) is 6.92 Å². The zero-order valence-corrected chi connectivity index (χ0v) is 24.6. The van der Waals surface area contributed by atoms with E-state index in [-0.39, 0.29) is 23.9 Å². The minimum Gasteiger partial charge on any atom is -0.497 e. The minimum atomic E-state index is -0.488. The van der Waals surface area contributed by atoms with Gasteiger partial charge in [0.15, 0.2) is 0 Å². The molecule has 1 aliphatic carbocycles. The number of nitrogens with zero attached hydrogens (tertiary/aromatic N) is 2. The number of carbonyl (C=O) groups excluding carboxylic acids is 2. The van der Waals surface area contributed by atoms with Gasteiger partial charge in [0.1, 0.15) is 5.75 Å². The summed E-state index contributed by atoms with van der Waals surface area (Å²) in [5, 5.41) is 3.27. The molecule has 2 aliphatic rings. The molecule has 2 atom stereocenters. The number of rotatable bonds is 10. The van der Waals surface area contributed by atoms with Crippen molar-refractivity contribution in [1.82, 2.24) is 10.2 Å². The van der Waals surface area contributed by atoms with Gasteiger partial charge in [-0.15, -0.1) is 0 Å². The third-order valence-corrected chi connectivity index (χ3v) is 8.74. The standard InChI is InChI=1S/C35H43N3O3/c1-4-37(28-15-10-12-25(2)24-28)23-11-22-36-34(39)32-30-16-8-9-17-31(30)35(40)38(27-13-6-5-7-14-27)33(32)26-18-20-29(41-3)21-19-26/h8-10,12,15-21,24,27,32-33H,4-7,11,13-14,22-23H2,1-3H3,(H,36,39)/t32-,33+/m0/s1. The van der Waals surface area contributed by atoms with Crippen molar-refractivity contribution in [2.24, 2.45) is 0 Å². The zero-order chi connectivity index (χ0) is 28.8. The first-order valence-corrected chi connectivity index (χ1v) is 15.2. The van der Waals surface area contributed by atoms with Gasteiger partial charge in [-0.3, -0.25) is 9.59 Å². The van der Waals surface area contributed by atoms with Crippen LogP contribution < -0.4 is 15.0 Å². The minimum absolute atomic E-state index is 0.0230. The Hall–Kier alpha value is -3.80. The van der Waals surface area contributed by atoms with E-state index in [9.17, 15) is 9.59 Å². The lowest BCUT2D eigenvalue weighted by Crippen LogP contribution is -2.52. The van der Waals surface area contributed by atoms with Crippen molar-refractivity contribution in [3.63, 3.8) is 0 Å². The molecule has 5 rings (SSSR count). The van der Waals surface area contributed by atoms with E-state index in [4.69, 9.17) is 4.74 Å². The molecular formula is C35H43N3O3. The molecule has 0 bridgehead atoms. The molecule has 216 valence electrons. The molecule has 2 amide bonds. The SMILES string of the molecule is CCN(CCCNC(=O)[C@H]1c2ccccc2C(=O)N(C2CCCCC2)[C@@H]1c1ccc(OC)cc1)c1cccc(C)c1. The molecule has 1 fully saturated rings.